The topological polar surface area (TPSA) is 47.6 Å². The van der Waals surface area contributed by atoms with Crippen LogP contribution in [-0.4, -0.2) is 60.6 Å². The molecule has 2 atom stereocenters. The Bertz CT molecular complexity index is 695. The molecule has 1 heterocycles. The molecular formula is C24H38Cl2N4O. The van der Waals surface area contributed by atoms with E-state index in [-0.39, 0.29) is 6.03 Å². The predicted octanol–water partition coefficient (Wildman–Crippen LogP) is 5.73. The van der Waals surface area contributed by atoms with Gasteiger partial charge in [0, 0.05) is 60.5 Å². The Balaban J connectivity index is 1.55. The van der Waals surface area contributed by atoms with Crippen molar-refractivity contribution in [2.45, 2.75) is 65.0 Å². The van der Waals surface area contributed by atoms with Crippen LogP contribution >= 0.6 is 23.2 Å². The van der Waals surface area contributed by atoms with E-state index in [0.717, 1.165) is 32.2 Å². The van der Waals surface area contributed by atoms with Crippen LogP contribution in [0.25, 0.3) is 0 Å². The Hall–Kier alpha value is -1.01. The molecular weight excluding hydrogens is 431 g/mol. The van der Waals surface area contributed by atoms with E-state index in [1.54, 1.807) is 18.2 Å². The summed E-state index contributed by atoms with van der Waals surface area (Å²) in [4.78, 5) is 17.8. The molecule has 0 aromatic heterocycles. The molecule has 0 bridgehead atoms. The summed E-state index contributed by atoms with van der Waals surface area (Å²) in [7, 11) is 0. The van der Waals surface area contributed by atoms with Gasteiger partial charge in [0.2, 0.25) is 0 Å². The zero-order valence-corrected chi connectivity index (χ0v) is 20.7. The number of nitrogens with one attached hydrogen (secondary N) is 2. The smallest absolute Gasteiger partial charge is 0.319 e. The van der Waals surface area contributed by atoms with Gasteiger partial charge in [-0.05, 0) is 42.9 Å². The van der Waals surface area contributed by atoms with E-state index in [2.05, 4.69) is 41.2 Å². The molecule has 2 unspecified atom stereocenters. The first kappa shape index (κ1) is 24.6. The maximum absolute atomic E-state index is 12.5. The number of carbonyl (C=O) groups excluding carboxylic acids is 1. The Morgan fingerprint density at radius 3 is 2.19 bits per heavy atom. The average molecular weight is 470 g/mol. The fraction of sp³-hybridized carbons (Fsp3) is 0.708. The first-order valence-electron chi connectivity index (χ1n) is 11.8. The third-order valence-electron chi connectivity index (χ3n) is 7.16. The van der Waals surface area contributed by atoms with E-state index in [4.69, 9.17) is 23.2 Å². The highest BCUT2D eigenvalue weighted by atomic mass is 35.5. The van der Waals surface area contributed by atoms with Gasteiger partial charge >= 0.3 is 6.03 Å². The van der Waals surface area contributed by atoms with Crippen molar-refractivity contribution in [2.24, 2.45) is 11.8 Å². The third kappa shape index (κ3) is 7.24. The van der Waals surface area contributed by atoms with Crippen LogP contribution in [0.2, 0.25) is 10.0 Å². The number of urea groups is 1. The number of hydrogen-bond donors (Lipinski definition) is 2. The number of nitrogens with zero attached hydrogens (tertiary/aromatic N) is 2. The van der Waals surface area contributed by atoms with Gasteiger partial charge in [-0.1, -0.05) is 63.2 Å². The lowest BCUT2D eigenvalue weighted by atomic mass is 9.88. The summed E-state index contributed by atoms with van der Waals surface area (Å²) in [6.45, 7) is 11.9. The maximum atomic E-state index is 12.5. The van der Waals surface area contributed by atoms with Gasteiger partial charge in [0.1, 0.15) is 0 Å². The molecule has 1 aromatic carbocycles. The van der Waals surface area contributed by atoms with Gasteiger partial charge in [-0.15, -0.1) is 0 Å². The van der Waals surface area contributed by atoms with Crippen LogP contribution in [0, 0.1) is 11.8 Å². The molecule has 1 saturated heterocycles. The van der Waals surface area contributed by atoms with Crippen LogP contribution in [0.4, 0.5) is 10.5 Å². The lowest BCUT2D eigenvalue weighted by Gasteiger charge is -2.45. The van der Waals surface area contributed by atoms with Gasteiger partial charge in [-0.25, -0.2) is 4.79 Å². The SMILES string of the molecule is CC(C)C(C)C(CNC(=O)Nc1cc(Cl)cc(Cl)c1)N1CCN(C2CCCCC2)CC1. The number of hydrogen-bond acceptors (Lipinski definition) is 3. The van der Waals surface area contributed by atoms with Gasteiger partial charge in [0.05, 0.1) is 0 Å². The summed E-state index contributed by atoms with van der Waals surface area (Å²) in [5, 5.41) is 6.95. The van der Waals surface area contributed by atoms with Crippen molar-refractivity contribution in [3.8, 4) is 0 Å². The predicted molar refractivity (Wildman–Crippen MR) is 131 cm³/mol. The van der Waals surface area contributed by atoms with Gasteiger partial charge in [0.25, 0.3) is 0 Å². The van der Waals surface area contributed by atoms with E-state index >= 15 is 0 Å². The Morgan fingerprint density at radius 2 is 1.61 bits per heavy atom. The normalized spacial score (nSPS) is 21.1. The van der Waals surface area contributed by atoms with E-state index in [9.17, 15) is 4.79 Å². The first-order chi connectivity index (χ1) is 14.8. The summed E-state index contributed by atoms with van der Waals surface area (Å²) < 4.78 is 0. The summed E-state index contributed by atoms with van der Waals surface area (Å²) in [5.74, 6) is 1.04. The van der Waals surface area contributed by atoms with Crippen molar-refractivity contribution < 1.29 is 4.79 Å². The van der Waals surface area contributed by atoms with Crippen LogP contribution in [0.15, 0.2) is 18.2 Å². The van der Waals surface area contributed by atoms with Crippen molar-refractivity contribution in [2.75, 3.05) is 38.0 Å². The summed E-state index contributed by atoms with van der Waals surface area (Å²) in [5.41, 5.74) is 0.601. The monoisotopic (exact) mass is 468 g/mol. The minimum atomic E-state index is -0.222. The molecule has 174 valence electrons. The van der Waals surface area contributed by atoms with E-state index in [1.165, 1.54) is 32.1 Å². The number of carbonyl (C=O) groups is 1. The second-order valence-corrected chi connectivity index (χ2v) is 10.4. The molecule has 2 N–H and O–H groups in total. The molecule has 3 rings (SSSR count). The van der Waals surface area contributed by atoms with Crippen molar-refractivity contribution >= 4 is 34.9 Å². The highest BCUT2D eigenvalue weighted by Crippen LogP contribution is 2.26. The number of halogens is 2. The number of piperazine rings is 1. The van der Waals surface area contributed by atoms with Gasteiger partial charge < -0.3 is 10.6 Å². The van der Waals surface area contributed by atoms with Crippen LogP contribution in [0.5, 0.6) is 0 Å². The molecule has 7 heteroatoms. The zero-order chi connectivity index (χ0) is 22.4. The van der Waals surface area contributed by atoms with Crippen molar-refractivity contribution in [3.63, 3.8) is 0 Å². The Kier molecular flexibility index (Phi) is 9.32. The quantitative estimate of drug-likeness (QED) is 0.537. The summed E-state index contributed by atoms with van der Waals surface area (Å²) in [6, 6.07) is 5.93. The largest absolute Gasteiger partial charge is 0.336 e. The van der Waals surface area contributed by atoms with Crippen molar-refractivity contribution in [1.82, 2.24) is 15.1 Å². The minimum Gasteiger partial charge on any atom is -0.336 e. The van der Waals surface area contributed by atoms with Crippen LogP contribution in [0.3, 0.4) is 0 Å². The first-order valence-corrected chi connectivity index (χ1v) is 12.6. The molecule has 31 heavy (non-hydrogen) atoms. The van der Waals surface area contributed by atoms with E-state index in [0.29, 0.717) is 40.2 Å². The number of benzene rings is 1. The fourth-order valence-corrected chi connectivity index (χ4v) is 5.50. The van der Waals surface area contributed by atoms with Crippen molar-refractivity contribution in [3.05, 3.63) is 28.2 Å². The highest BCUT2D eigenvalue weighted by Gasteiger charge is 2.31. The maximum Gasteiger partial charge on any atom is 0.319 e. The van der Waals surface area contributed by atoms with E-state index < -0.39 is 0 Å². The molecule has 1 saturated carbocycles. The van der Waals surface area contributed by atoms with Crippen LogP contribution in [-0.2, 0) is 0 Å². The number of amides is 2. The summed E-state index contributed by atoms with van der Waals surface area (Å²) >= 11 is 12.1. The van der Waals surface area contributed by atoms with Crippen molar-refractivity contribution in [1.29, 1.82) is 0 Å². The van der Waals surface area contributed by atoms with Gasteiger partial charge in [-0.3, -0.25) is 9.80 Å². The standard InChI is InChI=1S/C24H38Cl2N4O/c1-17(2)18(3)23(16-27-24(31)28-21-14-19(25)13-20(26)15-21)30-11-9-29(10-12-30)22-7-5-4-6-8-22/h13-15,17-18,22-23H,4-12,16H2,1-3H3,(H2,27,28,31). The number of rotatable bonds is 7. The van der Waals surface area contributed by atoms with Gasteiger partial charge in [-0.2, -0.15) is 0 Å². The van der Waals surface area contributed by atoms with Crippen LogP contribution < -0.4 is 10.6 Å². The molecule has 5 nitrogen and oxygen atoms in total. The zero-order valence-electron chi connectivity index (χ0n) is 19.2. The average Bonchev–Trinajstić information content (AvgIpc) is 2.74. The van der Waals surface area contributed by atoms with E-state index in [1.807, 2.05) is 0 Å². The molecule has 2 fully saturated rings. The molecule has 1 aliphatic carbocycles. The molecule has 2 amide bonds. The lowest BCUT2D eigenvalue weighted by Crippen LogP contribution is -2.57. The third-order valence-corrected chi connectivity index (χ3v) is 7.60. The Morgan fingerprint density at radius 1 is 1.00 bits per heavy atom. The minimum absolute atomic E-state index is 0.222. The summed E-state index contributed by atoms with van der Waals surface area (Å²) in [6.07, 6.45) is 6.89. The second-order valence-electron chi connectivity index (χ2n) is 9.53. The molecule has 1 aromatic rings. The van der Waals surface area contributed by atoms with Crippen LogP contribution in [0.1, 0.15) is 52.9 Å². The Labute approximate surface area is 197 Å². The molecule has 0 radical (unpaired) electrons. The molecule has 0 spiro atoms. The lowest BCUT2D eigenvalue weighted by molar-refractivity contribution is 0.0355. The second kappa shape index (κ2) is 11.7. The fourth-order valence-electron chi connectivity index (χ4n) is 4.97. The molecule has 2 aliphatic rings. The number of anilines is 1. The van der Waals surface area contributed by atoms with Gasteiger partial charge in [0.15, 0.2) is 0 Å². The molecule has 1 aliphatic heterocycles. The highest BCUT2D eigenvalue weighted by molar-refractivity contribution is 6.35.